The van der Waals surface area contributed by atoms with Crippen molar-refractivity contribution in [1.82, 2.24) is 19.4 Å². The number of likely N-dealkylation sites (tertiary alicyclic amines) is 2. The summed E-state index contributed by atoms with van der Waals surface area (Å²) >= 11 is 0. The van der Waals surface area contributed by atoms with E-state index in [4.69, 9.17) is 5.11 Å². The molecule has 2 aromatic rings. The van der Waals surface area contributed by atoms with Crippen LogP contribution < -0.4 is 5.69 Å². The second kappa shape index (κ2) is 5.98. The molecule has 0 unspecified atom stereocenters. The Bertz CT molecular complexity index is 804. The number of carbonyl (C=O) groups is 1. The van der Waals surface area contributed by atoms with Crippen LogP contribution in [0.25, 0.3) is 11.0 Å². The molecule has 2 fully saturated rings. The summed E-state index contributed by atoms with van der Waals surface area (Å²) in [5, 5.41) is 9.09. The molecule has 1 aromatic heterocycles. The molecular weight excluding hydrogens is 308 g/mol. The molecule has 2 N–H and O–H groups in total. The first kappa shape index (κ1) is 15.3. The molecule has 4 rings (SSSR count). The van der Waals surface area contributed by atoms with E-state index in [1.54, 1.807) is 0 Å². The van der Waals surface area contributed by atoms with E-state index in [-0.39, 0.29) is 11.7 Å². The Morgan fingerprint density at radius 2 is 1.79 bits per heavy atom. The molecule has 0 bridgehead atoms. The van der Waals surface area contributed by atoms with Gasteiger partial charge in [-0.2, -0.15) is 0 Å². The number of fused-ring (bicyclic) bond motifs is 1. The van der Waals surface area contributed by atoms with Crippen molar-refractivity contribution in [2.45, 2.75) is 31.3 Å². The van der Waals surface area contributed by atoms with Crippen molar-refractivity contribution in [2.24, 2.45) is 0 Å². The monoisotopic (exact) mass is 330 g/mol. The molecule has 7 heteroatoms. The predicted octanol–water partition coefficient (Wildman–Crippen LogP) is 1.72. The highest BCUT2D eigenvalue weighted by Crippen LogP contribution is 2.27. The van der Waals surface area contributed by atoms with E-state index in [9.17, 15) is 9.59 Å². The van der Waals surface area contributed by atoms with Gasteiger partial charge in [-0.1, -0.05) is 12.1 Å². The Morgan fingerprint density at radius 1 is 1.08 bits per heavy atom. The number of rotatable bonds is 2. The molecule has 2 saturated heterocycles. The first-order chi connectivity index (χ1) is 11.6. The third kappa shape index (κ3) is 2.58. The largest absolute Gasteiger partial charge is 0.465 e. The van der Waals surface area contributed by atoms with Crippen LogP contribution in [-0.2, 0) is 0 Å². The summed E-state index contributed by atoms with van der Waals surface area (Å²) in [6.45, 7) is 3.05. The Morgan fingerprint density at radius 3 is 2.50 bits per heavy atom. The van der Waals surface area contributed by atoms with Crippen LogP contribution in [0.5, 0.6) is 0 Å². The van der Waals surface area contributed by atoms with Gasteiger partial charge in [0.2, 0.25) is 0 Å². The van der Waals surface area contributed by atoms with Crippen molar-refractivity contribution in [3.05, 3.63) is 34.7 Å². The molecule has 7 nitrogen and oxygen atoms in total. The third-order valence-electron chi connectivity index (χ3n) is 5.44. The lowest BCUT2D eigenvalue weighted by molar-refractivity contribution is 0.126. The summed E-state index contributed by atoms with van der Waals surface area (Å²) in [4.78, 5) is 30.2. The average molecular weight is 330 g/mol. The van der Waals surface area contributed by atoms with E-state index >= 15 is 0 Å². The number of H-pyrrole nitrogens is 1. The fraction of sp³-hybridized carbons (Fsp3) is 0.529. The normalized spacial score (nSPS) is 23.2. The lowest BCUT2D eigenvalue weighted by atomic mass is 10.0. The number of piperidine rings is 1. The summed E-state index contributed by atoms with van der Waals surface area (Å²) in [7, 11) is 0. The van der Waals surface area contributed by atoms with Gasteiger partial charge in [0.1, 0.15) is 0 Å². The molecule has 0 aliphatic carbocycles. The molecule has 1 atom stereocenters. The molecule has 1 aromatic carbocycles. The van der Waals surface area contributed by atoms with Crippen molar-refractivity contribution in [2.75, 3.05) is 26.2 Å². The maximum atomic E-state index is 12.3. The Balaban J connectivity index is 1.46. The maximum absolute atomic E-state index is 12.3. The molecule has 2 aliphatic heterocycles. The first-order valence-corrected chi connectivity index (χ1v) is 8.54. The van der Waals surface area contributed by atoms with Gasteiger partial charge in [0, 0.05) is 38.3 Å². The Labute approximate surface area is 139 Å². The van der Waals surface area contributed by atoms with Gasteiger partial charge >= 0.3 is 11.8 Å². The van der Waals surface area contributed by atoms with Gasteiger partial charge in [0.15, 0.2) is 0 Å². The maximum Gasteiger partial charge on any atom is 0.407 e. The second-order valence-corrected chi connectivity index (χ2v) is 6.76. The molecule has 128 valence electrons. The third-order valence-corrected chi connectivity index (χ3v) is 5.44. The first-order valence-electron chi connectivity index (χ1n) is 8.54. The summed E-state index contributed by atoms with van der Waals surface area (Å²) in [5.74, 6) is 0. The Hall–Kier alpha value is -2.28. The minimum absolute atomic E-state index is 0.0347. The van der Waals surface area contributed by atoms with Gasteiger partial charge in [-0.25, -0.2) is 9.59 Å². The van der Waals surface area contributed by atoms with Gasteiger partial charge < -0.3 is 15.0 Å². The minimum Gasteiger partial charge on any atom is -0.465 e. The fourth-order valence-electron chi connectivity index (χ4n) is 4.16. The highest BCUT2D eigenvalue weighted by atomic mass is 16.4. The van der Waals surface area contributed by atoms with Crippen LogP contribution in [0.3, 0.4) is 0 Å². The van der Waals surface area contributed by atoms with Gasteiger partial charge in [-0.05, 0) is 31.4 Å². The molecule has 2 aliphatic rings. The lowest BCUT2D eigenvalue weighted by Gasteiger charge is -2.36. The van der Waals surface area contributed by atoms with E-state index in [0.29, 0.717) is 19.1 Å². The number of amides is 1. The fourth-order valence-corrected chi connectivity index (χ4v) is 4.16. The van der Waals surface area contributed by atoms with E-state index in [2.05, 4.69) is 9.88 Å². The van der Waals surface area contributed by atoms with Crippen molar-refractivity contribution in [3.63, 3.8) is 0 Å². The molecule has 0 radical (unpaired) electrons. The van der Waals surface area contributed by atoms with Crippen LogP contribution in [-0.4, -0.2) is 62.8 Å². The topological polar surface area (TPSA) is 81.6 Å². The van der Waals surface area contributed by atoms with Gasteiger partial charge in [0.05, 0.1) is 11.0 Å². The number of benzene rings is 1. The van der Waals surface area contributed by atoms with Crippen LogP contribution in [0.15, 0.2) is 29.1 Å². The second-order valence-electron chi connectivity index (χ2n) is 6.76. The molecule has 0 saturated carbocycles. The van der Waals surface area contributed by atoms with Crippen LogP contribution >= 0.6 is 0 Å². The number of carboxylic acid groups (broad SMARTS) is 1. The molecule has 1 amide bonds. The SMILES string of the molecule is O=C(O)N1CC[C@H](N2CCC(n3c(=O)[nH]c4ccccc43)CC2)C1. The summed E-state index contributed by atoms with van der Waals surface area (Å²) < 4.78 is 1.89. The van der Waals surface area contributed by atoms with Crippen LogP contribution in [0.2, 0.25) is 0 Å². The van der Waals surface area contributed by atoms with Gasteiger partial charge in [0.25, 0.3) is 0 Å². The van der Waals surface area contributed by atoms with Crippen LogP contribution in [0.1, 0.15) is 25.3 Å². The van der Waals surface area contributed by atoms with Crippen molar-refractivity contribution < 1.29 is 9.90 Å². The number of para-hydroxylation sites is 2. The van der Waals surface area contributed by atoms with Gasteiger partial charge in [-0.3, -0.25) is 9.47 Å². The molecular formula is C17H22N4O3. The summed E-state index contributed by atoms with van der Waals surface area (Å²) in [5.41, 5.74) is 1.82. The molecule has 3 heterocycles. The van der Waals surface area contributed by atoms with Crippen molar-refractivity contribution >= 4 is 17.1 Å². The number of nitrogens with zero attached hydrogens (tertiary/aromatic N) is 3. The molecule has 24 heavy (non-hydrogen) atoms. The standard InChI is InChI=1S/C17H22N4O3/c22-16-18-14-3-1-2-4-15(14)21(16)12-5-8-19(9-6-12)13-7-10-20(11-13)17(23)24/h1-4,12-13H,5-11H2,(H,18,22)(H,23,24)/t13-/m0/s1. The van der Waals surface area contributed by atoms with E-state index < -0.39 is 6.09 Å². The number of aromatic nitrogens is 2. The number of hydrogen-bond donors (Lipinski definition) is 2. The zero-order chi connectivity index (χ0) is 16.7. The summed E-state index contributed by atoms with van der Waals surface area (Å²) in [6.07, 6.45) is 1.93. The van der Waals surface area contributed by atoms with E-state index in [1.165, 1.54) is 4.90 Å². The Kier molecular flexibility index (Phi) is 3.80. The quantitative estimate of drug-likeness (QED) is 0.878. The number of imidazole rings is 1. The number of nitrogens with one attached hydrogen (secondary N) is 1. The van der Waals surface area contributed by atoms with E-state index in [0.717, 1.165) is 43.4 Å². The average Bonchev–Trinajstić information content (AvgIpc) is 3.19. The smallest absolute Gasteiger partial charge is 0.407 e. The van der Waals surface area contributed by atoms with Crippen LogP contribution in [0.4, 0.5) is 4.79 Å². The number of aromatic amines is 1. The zero-order valence-electron chi connectivity index (χ0n) is 13.5. The minimum atomic E-state index is -0.822. The molecule has 0 spiro atoms. The lowest BCUT2D eigenvalue weighted by Crippen LogP contribution is -2.44. The predicted molar refractivity (Wildman–Crippen MR) is 90.4 cm³/mol. The van der Waals surface area contributed by atoms with Crippen molar-refractivity contribution in [1.29, 1.82) is 0 Å². The highest BCUT2D eigenvalue weighted by Gasteiger charge is 2.33. The highest BCUT2D eigenvalue weighted by molar-refractivity contribution is 5.75. The van der Waals surface area contributed by atoms with Gasteiger partial charge in [-0.15, -0.1) is 0 Å². The number of hydrogen-bond acceptors (Lipinski definition) is 3. The van der Waals surface area contributed by atoms with E-state index in [1.807, 2.05) is 28.8 Å². The zero-order valence-corrected chi connectivity index (χ0v) is 13.5. The summed E-state index contributed by atoms with van der Waals surface area (Å²) in [6, 6.07) is 8.34. The van der Waals surface area contributed by atoms with Crippen LogP contribution in [0, 0.1) is 0 Å². The van der Waals surface area contributed by atoms with Crippen molar-refractivity contribution in [3.8, 4) is 0 Å².